The maximum absolute atomic E-state index is 11.9. The molecule has 6 heteroatoms. The third-order valence-corrected chi connectivity index (χ3v) is 4.07. The van der Waals surface area contributed by atoms with E-state index >= 15 is 0 Å². The molecule has 1 heterocycles. The van der Waals surface area contributed by atoms with E-state index in [9.17, 15) is 4.79 Å². The maximum Gasteiger partial charge on any atom is 0.239 e. The predicted octanol–water partition coefficient (Wildman–Crippen LogP) is 1.65. The average molecular weight is 312 g/mol. The fraction of sp³-hybridized carbons (Fsp3) is 0.923. The van der Waals surface area contributed by atoms with Gasteiger partial charge in [-0.25, -0.2) is 0 Å². The second kappa shape index (κ2) is 9.01. The number of halogens is 2. The zero-order valence-corrected chi connectivity index (χ0v) is 13.3. The Kier molecular flexibility index (Phi) is 8.99. The summed E-state index contributed by atoms with van der Waals surface area (Å²) in [7, 11) is 0. The number of hydrogen-bond acceptors (Lipinski definition) is 3. The van der Waals surface area contributed by atoms with E-state index in [4.69, 9.17) is 5.73 Å². The Bertz CT molecular complexity index is 271. The van der Waals surface area contributed by atoms with E-state index in [1.807, 2.05) is 4.90 Å². The van der Waals surface area contributed by atoms with Crippen molar-refractivity contribution in [3.05, 3.63) is 0 Å². The second-order valence-corrected chi connectivity index (χ2v) is 5.44. The van der Waals surface area contributed by atoms with Gasteiger partial charge in [0.2, 0.25) is 5.91 Å². The van der Waals surface area contributed by atoms with E-state index in [-0.39, 0.29) is 36.8 Å². The van der Waals surface area contributed by atoms with Crippen LogP contribution in [-0.2, 0) is 4.79 Å². The molecule has 2 fully saturated rings. The number of carbonyl (C=O) groups excluding carboxylic acids is 1. The van der Waals surface area contributed by atoms with E-state index in [2.05, 4.69) is 4.90 Å². The summed E-state index contributed by atoms with van der Waals surface area (Å²) in [6.07, 6.45) is 6.55. The van der Waals surface area contributed by atoms with Crippen LogP contribution in [0.3, 0.4) is 0 Å². The Morgan fingerprint density at radius 1 is 1.05 bits per heavy atom. The van der Waals surface area contributed by atoms with Crippen LogP contribution in [0.4, 0.5) is 0 Å². The highest BCUT2D eigenvalue weighted by molar-refractivity contribution is 5.85. The molecule has 114 valence electrons. The third kappa shape index (κ3) is 5.10. The summed E-state index contributed by atoms with van der Waals surface area (Å²) in [6, 6.07) is 0.424. The largest absolute Gasteiger partial charge is 0.340 e. The molecule has 0 bridgehead atoms. The van der Waals surface area contributed by atoms with Crippen molar-refractivity contribution in [1.82, 2.24) is 9.80 Å². The number of nitrogens with zero attached hydrogens (tertiary/aromatic N) is 2. The first-order valence-corrected chi connectivity index (χ1v) is 6.97. The normalized spacial score (nSPS) is 23.2. The van der Waals surface area contributed by atoms with Gasteiger partial charge in [0.15, 0.2) is 0 Å². The fourth-order valence-electron chi connectivity index (χ4n) is 3.08. The van der Waals surface area contributed by atoms with Gasteiger partial charge < -0.3 is 10.6 Å². The monoisotopic (exact) mass is 311 g/mol. The topological polar surface area (TPSA) is 49.6 Å². The molecule has 0 spiro atoms. The SMILES string of the molecule is C[C@@H](N)C(=O)N1CCCN(C2CCCC2)CC1.Cl.Cl. The molecule has 0 aromatic rings. The lowest BCUT2D eigenvalue weighted by Gasteiger charge is -2.27. The van der Waals surface area contributed by atoms with Crippen molar-refractivity contribution >= 4 is 30.7 Å². The molecule has 1 saturated heterocycles. The van der Waals surface area contributed by atoms with Crippen LogP contribution in [0, 0.1) is 0 Å². The van der Waals surface area contributed by atoms with Gasteiger partial charge in [-0.05, 0) is 26.2 Å². The minimum Gasteiger partial charge on any atom is -0.340 e. The van der Waals surface area contributed by atoms with E-state index < -0.39 is 0 Å². The van der Waals surface area contributed by atoms with Crippen LogP contribution in [-0.4, -0.2) is 54.0 Å². The number of carbonyl (C=O) groups is 1. The Morgan fingerprint density at radius 3 is 2.26 bits per heavy atom. The Balaban J connectivity index is 0.00000162. The summed E-state index contributed by atoms with van der Waals surface area (Å²) in [6.45, 7) is 5.69. The van der Waals surface area contributed by atoms with E-state index in [1.165, 1.54) is 25.7 Å². The van der Waals surface area contributed by atoms with Gasteiger partial charge >= 0.3 is 0 Å². The first-order valence-electron chi connectivity index (χ1n) is 6.97. The van der Waals surface area contributed by atoms with Crippen molar-refractivity contribution < 1.29 is 4.79 Å². The zero-order valence-electron chi connectivity index (χ0n) is 11.7. The molecule has 19 heavy (non-hydrogen) atoms. The van der Waals surface area contributed by atoms with Crippen LogP contribution in [0.15, 0.2) is 0 Å². The quantitative estimate of drug-likeness (QED) is 0.843. The van der Waals surface area contributed by atoms with Gasteiger partial charge in [-0.2, -0.15) is 0 Å². The van der Waals surface area contributed by atoms with Gasteiger partial charge in [-0.15, -0.1) is 24.8 Å². The van der Waals surface area contributed by atoms with Crippen LogP contribution in [0.1, 0.15) is 39.0 Å². The average Bonchev–Trinajstić information content (AvgIpc) is 2.73. The Morgan fingerprint density at radius 2 is 1.68 bits per heavy atom. The predicted molar refractivity (Wildman–Crippen MR) is 83.2 cm³/mol. The van der Waals surface area contributed by atoms with Gasteiger partial charge in [0.1, 0.15) is 0 Å². The van der Waals surface area contributed by atoms with Crippen LogP contribution < -0.4 is 5.73 Å². The van der Waals surface area contributed by atoms with E-state index in [0.29, 0.717) is 0 Å². The van der Waals surface area contributed by atoms with Crippen molar-refractivity contribution in [1.29, 1.82) is 0 Å². The summed E-state index contributed by atoms with van der Waals surface area (Å²) < 4.78 is 0. The van der Waals surface area contributed by atoms with Gasteiger partial charge in [0.05, 0.1) is 6.04 Å². The molecule has 1 atom stereocenters. The van der Waals surface area contributed by atoms with E-state index in [0.717, 1.165) is 38.6 Å². The zero-order chi connectivity index (χ0) is 12.3. The van der Waals surface area contributed by atoms with Crippen molar-refractivity contribution in [2.45, 2.75) is 51.1 Å². The summed E-state index contributed by atoms with van der Waals surface area (Å²) in [5.74, 6) is 0.110. The maximum atomic E-state index is 11.9. The molecule has 2 aliphatic rings. The standard InChI is InChI=1S/C13H25N3O.2ClH/c1-11(14)13(17)16-8-4-7-15(9-10-16)12-5-2-3-6-12;;/h11-12H,2-10,14H2,1H3;2*1H/t11-;;/m1../s1. The molecule has 1 saturated carbocycles. The highest BCUT2D eigenvalue weighted by Crippen LogP contribution is 2.24. The molecule has 1 amide bonds. The number of amides is 1. The fourth-order valence-corrected chi connectivity index (χ4v) is 3.08. The van der Waals surface area contributed by atoms with Gasteiger partial charge in [-0.3, -0.25) is 9.69 Å². The molecule has 0 aromatic heterocycles. The number of rotatable bonds is 2. The molecular formula is C13H27Cl2N3O. The van der Waals surface area contributed by atoms with Gasteiger partial charge in [0, 0.05) is 32.2 Å². The van der Waals surface area contributed by atoms with Gasteiger partial charge in [-0.1, -0.05) is 12.8 Å². The summed E-state index contributed by atoms with van der Waals surface area (Å²) in [4.78, 5) is 16.4. The van der Waals surface area contributed by atoms with Crippen molar-refractivity contribution in [2.75, 3.05) is 26.2 Å². The van der Waals surface area contributed by atoms with Crippen molar-refractivity contribution in [3.8, 4) is 0 Å². The van der Waals surface area contributed by atoms with Crippen molar-refractivity contribution in [2.24, 2.45) is 5.73 Å². The van der Waals surface area contributed by atoms with Crippen LogP contribution in [0.25, 0.3) is 0 Å². The second-order valence-electron chi connectivity index (χ2n) is 5.44. The van der Waals surface area contributed by atoms with Crippen molar-refractivity contribution in [3.63, 3.8) is 0 Å². The Hall–Kier alpha value is -0.0300. The van der Waals surface area contributed by atoms with Crippen LogP contribution >= 0.6 is 24.8 Å². The molecule has 2 N–H and O–H groups in total. The summed E-state index contributed by atoms with van der Waals surface area (Å²) >= 11 is 0. The first kappa shape index (κ1) is 19.0. The lowest BCUT2D eigenvalue weighted by atomic mass is 10.2. The molecule has 2 rings (SSSR count). The van der Waals surface area contributed by atoms with Gasteiger partial charge in [0.25, 0.3) is 0 Å². The minimum absolute atomic E-state index is 0. The van der Waals surface area contributed by atoms with Crippen LogP contribution in [0.2, 0.25) is 0 Å². The third-order valence-electron chi connectivity index (χ3n) is 4.07. The summed E-state index contributed by atoms with van der Waals surface area (Å²) in [5.41, 5.74) is 5.67. The van der Waals surface area contributed by atoms with E-state index in [1.54, 1.807) is 6.92 Å². The smallest absolute Gasteiger partial charge is 0.239 e. The highest BCUT2D eigenvalue weighted by Gasteiger charge is 2.26. The lowest BCUT2D eigenvalue weighted by Crippen LogP contribution is -2.44. The lowest BCUT2D eigenvalue weighted by molar-refractivity contribution is -0.132. The highest BCUT2D eigenvalue weighted by atomic mass is 35.5. The molecule has 0 aromatic carbocycles. The molecule has 0 unspecified atom stereocenters. The number of hydrogen-bond donors (Lipinski definition) is 1. The summed E-state index contributed by atoms with van der Waals surface area (Å²) in [5, 5.41) is 0. The molecular weight excluding hydrogens is 285 g/mol. The Labute approximate surface area is 128 Å². The minimum atomic E-state index is -0.354. The molecule has 4 nitrogen and oxygen atoms in total. The van der Waals surface area contributed by atoms with Crippen LogP contribution in [0.5, 0.6) is 0 Å². The number of nitrogens with two attached hydrogens (primary N) is 1. The molecule has 1 aliphatic carbocycles. The molecule has 1 aliphatic heterocycles. The first-order chi connectivity index (χ1) is 8.18. The molecule has 0 radical (unpaired) electrons.